The number of nitrogens with one attached hydrogen (secondary N) is 2. The number of aryl methyl sites for hydroxylation is 1. The Kier molecular flexibility index (Phi) is 5.40. The Labute approximate surface area is 120 Å². The van der Waals surface area contributed by atoms with Crippen LogP contribution in [0, 0.1) is 0 Å². The molecular weight excluding hydrogens is 254 g/mol. The quantitative estimate of drug-likeness (QED) is 0.562. The molecule has 0 aromatic carbocycles. The van der Waals surface area contributed by atoms with Crippen molar-refractivity contribution in [2.75, 3.05) is 6.54 Å². The van der Waals surface area contributed by atoms with E-state index < -0.39 is 0 Å². The zero-order valence-electron chi connectivity index (χ0n) is 12.3. The Morgan fingerprint density at radius 1 is 1.45 bits per heavy atom. The van der Waals surface area contributed by atoms with Crippen LogP contribution in [0.25, 0.3) is 0 Å². The van der Waals surface area contributed by atoms with Crippen molar-refractivity contribution in [2.24, 2.45) is 12.0 Å². The number of aliphatic imine (C=N–C) groups is 1. The van der Waals surface area contributed by atoms with Crippen LogP contribution in [-0.4, -0.2) is 39.5 Å². The molecule has 0 aliphatic heterocycles. The van der Waals surface area contributed by atoms with E-state index in [-0.39, 0.29) is 6.10 Å². The lowest BCUT2D eigenvalue weighted by atomic mass is 9.93. The van der Waals surface area contributed by atoms with E-state index in [1.165, 1.54) is 0 Å². The Hall–Kier alpha value is -1.56. The molecule has 1 heterocycles. The summed E-state index contributed by atoms with van der Waals surface area (Å²) in [5, 5.41) is 20.4. The van der Waals surface area contributed by atoms with Crippen LogP contribution in [-0.2, 0) is 13.6 Å². The van der Waals surface area contributed by atoms with E-state index in [1.807, 2.05) is 17.8 Å². The standard InChI is InChI=1S/C14H25N5O/c1-3-15-14(16-10-12-8-9-17-19(12)2)18-11-4-6-13(20)7-5-11/h8-9,11,13,20H,3-7,10H2,1-2H3,(H2,15,16,18). The van der Waals surface area contributed by atoms with Crippen molar-refractivity contribution in [3.63, 3.8) is 0 Å². The number of nitrogens with zero attached hydrogens (tertiary/aromatic N) is 3. The molecule has 0 amide bonds. The van der Waals surface area contributed by atoms with Gasteiger partial charge < -0.3 is 15.7 Å². The summed E-state index contributed by atoms with van der Waals surface area (Å²) in [4.78, 5) is 4.60. The minimum absolute atomic E-state index is 0.123. The van der Waals surface area contributed by atoms with Gasteiger partial charge in [-0.3, -0.25) is 4.68 Å². The first-order chi connectivity index (χ1) is 9.69. The van der Waals surface area contributed by atoms with E-state index >= 15 is 0 Å². The fourth-order valence-electron chi connectivity index (χ4n) is 2.45. The van der Waals surface area contributed by atoms with Gasteiger partial charge in [0, 0.05) is 25.8 Å². The van der Waals surface area contributed by atoms with Gasteiger partial charge in [-0.1, -0.05) is 0 Å². The van der Waals surface area contributed by atoms with Crippen molar-refractivity contribution in [1.29, 1.82) is 0 Å². The van der Waals surface area contributed by atoms with Crippen molar-refractivity contribution in [3.05, 3.63) is 18.0 Å². The first kappa shape index (κ1) is 14.8. The molecule has 1 aromatic rings. The molecule has 6 nitrogen and oxygen atoms in total. The molecule has 3 N–H and O–H groups in total. The van der Waals surface area contributed by atoms with Crippen molar-refractivity contribution >= 4 is 5.96 Å². The lowest BCUT2D eigenvalue weighted by molar-refractivity contribution is 0.120. The molecule has 1 aliphatic rings. The lowest BCUT2D eigenvalue weighted by Gasteiger charge is -2.27. The average molecular weight is 279 g/mol. The molecule has 112 valence electrons. The summed E-state index contributed by atoms with van der Waals surface area (Å²) in [5.41, 5.74) is 1.08. The topological polar surface area (TPSA) is 74.5 Å². The number of hydrogen-bond acceptors (Lipinski definition) is 3. The highest BCUT2D eigenvalue weighted by atomic mass is 16.3. The molecule has 2 rings (SSSR count). The van der Waals surface area contributed by atoms with E-state index in [0.29, 0.717) is 12.6 Å². The van der Waals surface area contributed by atoms with Gasteiger partial charge in [-0.2, -0.15) is 5.10 Å². The van der Waals surface area contributed by atoms with Crippen LogP contribution in [0.2, 0.25) is 0 Å². The normalized spacial score (nSPS) is 23.6. The SMILES string of the molecule is CCNC(=NCc1ccnn1C)NC1CCC(O)CC1. The van der Waals surface area contributed by atoms with Gasteiger partial charge in [0.25, 0.3) is 0 Å². The fraction of sp³-hybridized carbons (Fsp3) is 0.714. The van der Waals surface area contributed by atoms with Gasteiger partial charge in [0.05, 0.1) is 18.3 Å². The summed E-state index contributed by atoms with van der Waals surface area (Å²) in [7, 11) is 1.92. The molecule has 0 radical (unpaired) electrons. The summed E-state index contributed by atoms with van der Waals surface area (Å²) in [6, 6.07) is 2.38. The summed E-state index contributed by atoms with van der Waals surface area (Å²) in [5.74, 6) is 0.843. The first-order valence-electron chi connectivity index (χ1n) is 7.38. The van der Waals surface area contributed by atoms with E-state index in [9.17, 15) is 5.11 Å². The van der Waals surface area contributed by atoms with E-state index in [1.54, 1.807) is 6.20 Å². The molecule has 1 saturated carbocycles. The molecule has 1 aromatic heterocycles. The molecule has 0 spiro atoms. The van der Waals surface area contributed by atoms with Crippen LogP contribution in [0.4, 0.5) is 0 Å². The number of aliphatic hydroxyl groups is 1. The summed E-state index contributed by atoms with van der Waals surface area (Å²) in [6.07, 6.45) is 5.40. The molecule has 0 atom stereocenters. The molecule has 0 saturated heterocycles. The maximum Gasteiger partial charge on any atom is 0.191 e. The van der Waals surface area contributed by atoms with Crippen molar-refractivity contribution in [3.8, 4) is 0 Å². The number of rotatable bonds is 4. The zero-order chi connectivity index (χ0) is 14.4. The summed E-state index contributed by atoms with van der Waals surface area (Å²) < 4.78 is 1.84. The molecule has 1 fully saturated rings. The summed E-state index contributed by atoms with van der Waals surface area (Å²) in [6.45, 7) is 3.51. The van der Waals surface area contributed by atoms with Crippen LogP contribution in [0.1, 0.15) is 38.3 Å². The number of guanidine groups is 1. The highest BCUT2D eigenvalue weighted by Crippen LogP contribution is 2.18. The Balaban J connectivity index is 1.90. The van der Waals surface area contributed by atoms with Crippen molar-refractivity contribution in [1.82, 2.24) is 20.4 Å². The number of aromatic nitrogens is 2. The monoisotopic (exact) mass is 279 g/mol. The van der Waals surface area contributed by atoms with Crippen LogP contribution in [0.15, 0.2) is 17.3 Å². The zero-order valence-corrected chi connectivity index (χ0v) is 12.3. The van der Waals surface area contributed by atoms with Gasteiger partial charge in [0.1, 0.15) is 0 Å². The molecule has 0 unspecified atom stereocenters. The van der Waals surface area contributed by atoms with E-state index in [4.69, 9.17) is 0 Å². The molecular formula is C14H25N5O. The third-order valence-electron chi connectivity index (χ3n) is 3.70. The van der Waals surface area contributed by atoms with E-state index in [0.717, 1.165) is 43.9 Å². The van der Waals surface area contributed by atoms with Gasteiger partial charge in [-0.05, 0) is 38.7 Å². The lowest BCUT2D eigenvalue weighted by Crippen LogP contribution is -2.45. The minimum Gasteiger partial charge on any atom is -0.393 e. The third kappa shape index (κ3) is 4.23. The van der Waals surface area contributed by atoms with Crippen LogP contribution >= 0.6 is 0 Å². The molecule has 6 heteroatoms. The van der Waals surface area contributed by atoms with Crippen LogP contribution in [0.5, 0.6) is 0 Å². The average Bonchev–Trinajstić information content (AvgIpc) is 2.84. The van der Waals surface area contributed by atoms with Crippen molar-refractivity contribution in [2.45, 2.75) is 51.3 Å². The van der Waals surface area contributed by atoms with Crippen LogP contribution < -0.4 is 10.6 Å². The number of aliphatic hydroxyl groups excluding tert-OH is 1. The van der Waals surface area contributed by atoms with E-state index in [2.05, 4.69) is 27.6 Å². The Morgan fingerprint density at radius 3 is 2.80 bits per heavy atom. The third-order valence-corrected chi connectivity index (χ3v) is 3.70. The number of hydrogen-bond donors (Lipinski definition) is 3. The van der Waals surface area contributed by atoms with Crippen LogP contribution in [0.3, 0.4) is 0 Å². The maximum absolute atomic E-state index is 9.54. The second-order valence-corrected chi connectivity index (χ2v) is 5.29. The largest absolute Gasteiger partial charge is 0.393 e. The van der Waals surface area contributed by atoms with Gasteiger partial charge in [0.15, 0.2) is 5.96 Å². The smallest absolute Gasteiger partial charge is 0.191 e. The Bertz CT molecular complexity index is 435. The van der Waals surface area contributed by atoms with Crippen molar-refractivity contribution < 1.29 is 5.11 Å². The van der Waals surface area contributed by atoms with Gasteiger partial charge >= 0.3 is 0 Å². The first-order valence-corrected chi connectivity index (χ1v) is 7.38. The van der Waals surface area contributed by atoms with Gasteiger partial charge in [-0.25, -0.2) is 4.99 Å². The minimum atomic E-state index is -0.123. The molecule has 1 aliphatic carbocycles. The van der Waals surface area contributed by atoms with Gasteiger partial charge in [-0.15, -0.1) is 0 Å². The highest BCUT2D eigenvalue weighted by Gasteiger charge is 2.19. The molecule has 20 heavy (non-hydrogen) atoms. The fourth-order valence-corrected chi connectivity index (χ4v) is 2.45. The second kappa shape index (κ2) is 7.28. The van der Waals surface area contributed by atoms with Gasteiger partial charge in [0.2, 0.25) is 0 Å². The predicted octanol–water partition coefficient (Wildman–Crippen LogP) is 0.779. The highest BCUT2D eigenvalue weighted by molar-refractivity contribution is 5.80. The molecule has 0 bridgehead atoms. The maximum atomic E-state index is 9.54. The Morgan fingerprint density at radius 2 is 2.20 bits per heavy atom. The summed E-state index contributed by atoms with van der Waals surface area (Å²) >= 11 is 0. The second-order valence-electron chi connectivity index (χ2n) is 5.29. The predicted molar refractivity (Wildman–Crippen MR) is 79.4 cm³/mol.